The largest absolute Gasteiger partial charge is 0.0955 e. The third-order valence-corrected chi connectivity index (χ3v) is 4.11. The topological polar surface area (TPSA) is 0 Å². The highest BCUT2D eigenvalue weighted by molar-refractivity contribution is 5.61. The van der Waals surface area contributed by atoms with Crippen LogP contribution in [0.5, 0.6) is 0 Å². The molecule has 0 amide bonds. The molecule has 82 valence electrons. The fourth-order valence-corrected chi connectivity index (χ4v) is 3.18. The highest BCUT2D eigenvalue weighted by Gasteiger charge is 2.36. The van der Waals surface area contributed by atoms with Gasteiger partial charge in [-0.15, -0.1) is 0 Å². The molecule has 2 aliphatic rings. The molecule has 0 aliphatic heterocycles. The van der Waals surface area contributed by atoms with Crippen molar-refractivity contribution in [2.45, 2.75) is 25.7 Å². The van der Waals surface area contributed by atoms with Crippen molar-refractivity contribution in [3.63, 3.8) is 0 Å². The summed E-state index contributed by atoms with van der Waals surface area (Å²) in [4.78, 5) is 0. The Balaban J connectivity index is 1.85. The number of allylic oxidation sites excluding steroid dienone is 3. The van der Waals surface area contributed by atoms with E-state index >= 15 is 0 Å². The van der Waals surface area contributed by atoms with Crippen LogP contribution in [0.1, 0.15) is 36.8 Å². The standard InChI is InChI=1S/C16H18/c1-11(2)13-5-7-14(8-6-13)16-10-12-3-4-15(16)9-12/h3-8,12,15-16H,1,9-10H2,2H3. The van der Waals surface area contributed by atoms with Crippen molar-refractivity contribution in [2.24, 2.45) is 11.8 Å². The number of rotatable bonds is 2. The van der Waals surface area contributed by atoms with Crippen LogP contribution < -0.4 is 0 Å². The van der Waals surface area contributed by atoms with E-state index in [-0.39, 0.29) is 0 Å². The van der Waals surface area contributed by atoms with Crippen LogP contribution in [-0.2, 0) is 0 Å². The molecule has 1 aromatic rings. The predicted molar refractivity (Wildman–Crippen MR) is 69.2 cm³/mol. The third-order valence-electron chi connectivity index (χ3n) is 4.11. The molecule has 2 aliphatic carbocycles. The molecule has 0 heteroatoms. The van der Waals surface area contributed by atoms with Gasteiger partial charge < -0.3 is 0 Å². The molecule has 16 heavy (non-hydrogen) atoms. The molecule has 3 unspecified atom stereocenters. The molecular weight excluding hydrogens is 192 g/mol. The summed E-state index contributed by atoms with van der Waals surface area (Å²) in [5.41, 5.74) is 3.93. The van der Waals surface area contributed by atoms with Gasteiger partial charge in [-0.1, -0.05) is 48.6 Å². The molecule has 2 bridgehead atoms. The first-order valence-electron chi connectivity index (χ1n) is 6.18. The Hall–Kier alpha value is -1.30. The van der Waals surface area contributed by atoms with Gasteiger partial charge in [-0.3, -0.25) is 0 Å². The Morgan fingerprint density at radius 2 is 1.88 bits per heavy atom. The zero-order valence-corrected chi connectivity index (χ0v) is 9.82. The second kappa shape index (κ2) is 3.62. The van der Waals surface area contributed by atoms with Gasteiger partial charge in [0, 0.05) is 0 Å². The van der Waals surface area contributed by atoms with Gasteiger partial charge in [-0.05, 0) is 48.6 Å². The van der Waals surface area contributed by atoms with E-state index in [1.165, 1.54) is 24.0 Å². The van der Waals surface area contributed by atoms with Crippen LogP contribution in [0, 0.1) is 11.8 Å². The van der Waals surface area contributed by atoms with Gasteiger partial charge in [0.2, 0.25) is 0 Å². The smallest absolute Gasteiger partial charge is 0.00932 e. The molecule has 3 atom stereocenters. The summed E-state index contributed by atoms with van der Waals surface area (Å²) in [6.07, 6.45) is 7.56. The van der Waals surface area contributed by atoms with E-state index in [0.717, 1.165) is 23.3 Å². The first-order valence-corrected chi connectivity index (χ1v) is 6.18. The summed E-state index contributed by atoms with van der Waals surface area (Å²) in [7, 11) is 0. The Morgan fingerprint density at radius 3 is 2.38 bits per heavy atom. The quantitative estimate of drug-likeness (QED) is 0.635. The van der Waals surface area contributed by atoms with E-state index < -0.39 is 0 Å². The number of benzene rings is 1. The molecule has 0 N–H and O–H groups in total. The minimum atomic E-state index is 0.772. The molecule has 1 fully saturated rings. The molecular formula is C16H18. The number of hydrogen-bond donors (Lipinski definition) is 0. The summed E-state index contributed by atoms with van der Waals surface area (Å²) in [6, 6.07) is 9.02. The average molecular weight is 210 g/mol. The molecule has 0 aromatic heterocycles. The Labute approximate surface area is 97.7 Å². The highest BCUT2D eigenvalue weighted by atomic mass is 14.4. The summed E-state index contributed by atoms with van der Waals surface area (Å²) in [5, 5.41) is 0. The van der Waals surface area contributed by atoms with Crippen molar-refractivity contribution in [1.82, 2.24) is 0 Å². The van der Waals surface area contributed by atoms with Gasteiger partial charge in [0.05, 0.1) is 0 Å². The van der Waals surface area contributed by atoms with Crippen molar-refractivity contribution in [3.8, 4) is 0 Å². The molecule has 0 saturated heterocycles. The van der Waals surface area contributed by atoms with E-state index in [9.17, 15) is 0 Å². The van der Waals surface area contributed by atoms with Crippen LogP contribution in [0.3, 0.4) is 0 Å². The Morgan fingerprint density at radius 1 is 1.12 bits per heavy atom. The first-order chi connectivity index (χ1) is 7.74. The molecule has 0 spiro atoms. The van der Waals surface area contributed by atoms with Crippen molar-refractivity contribution < 1.29 is 0 Å². The lowest BCUT2D eigenvalue weighted by atomic mass is 9.86. The van der Waals surface area contributed by atoms with Crippen LogP contribution in [-0.4, -0.2) is 0 Å². The Bertz CT molecular complexity index is 436. The zero-order chi connectivity index (χ0) is 11.1. The van der Waals surface area contributed by atoms with Crippen molar-refractivity contribution in [3.05, 3.63) is 54.1 Å². The van der Waals surface area contributed by atoms with Crippen molar-refractivity contribution in [1.29, 1.82) is 0 Å². The summed E-state index contributed by atoms with van der Waals surface area (Å²) >= 11 is 0. The third kappa shape index (κ3) is 1.53. The van der Waals surface area contributed by atoms with Gasteiger partial charge in [0.15, 0.2) is 0 Å². The molecule has 0 nitrogen and oxygen atoms in total. The van der Waals surface area contributed by atoms with Crippen LogP contribution in [0.15, 0.2) is 43.0 Å². The SMILES string of the molecule is C=C(C)c1ccc(C2CC3C=CC2C3)cc1. The summed E-state index contributed by atoms with van der Waals surface area (Å²) < 4.78 is 0. The molecule has 0 heterocycles. The fourth-order valence-electron chi connectivity index (χ4n) is 3.18. The van der Waals surface area contributed by atoms with Crippen LogP contribution >= 0.6 is 0 Å². The van der Waals surface area contributed by atoms with Gasteiger partial charge in [-0.25, -0.2) is 0 Å². The van der Waals surface area contributed by atoms with Gasteiger partial charge >= 0.3 is 0 Å². The lowest BCUT2D eigenvalue weighted by Crippen LogP contribution is -2.04. The fraction of sp³-hybridized carbons (Fsp3) is 0.375. The van der Waals surface area contributed by atoms with Crippen LogP contribution in [0.25, 0.3) is 5.57 Å². The summed E-state index contributed by atoms with van der Waals surface area (Å²) in [5.74, 6) is 2.44. The minimum absolute atomic E-state index is 0.772. The van der Waals surface area contributed by atoms with Crippen molar-refractivity contribution in [2.75, 3.05) is 0 Å². The molecule has 1 saturated carbocycles. The van der Waals surface area contributed by atoms with Gasteiger partial charge in [0.1, 0.15) is 0 Å². The maximum absolute atomic E-state index is 3.98. The molecule has 0 radical (unpaired) electrons. The second-order valence-electron chi connectivity index (χ2n) is 5.29. The lowest BCUT2D eigenvalue weighted by molar-refractivity contribution is 0.585. The van der Waals surface area contributed by atoms with Crippen molar-refractivity contribution >= 4 is 5.57 Å². The molecule has 3 rings (SSSR count). The monoisotopic (exact) mass is 210 g/mol. The zero-order valence-electron chi connectivity index (χ0n) is 9.82. The number of fused-ring (bicyclic) bond motifs is 2. The van der Waals surface area contributed by atoms with E-state index in [1.54, 1.807) is 0 Å². The van der Waals surface area contributed by atoms with Gasteiger partial charge in [-0.2, -0.15) is 0 Å². The predicted octanol–water partition coefficient (Wildman–Crippen LogP) is 4.40. The van der Waals surface area contributed by atoms with Crippen LogP contribution in [0.2, 0.25) is 0 Å². The Kier molecular flexibility index (Phi) is 2.24. The lowest BCUT2D eigenvalue weighted by Gasteiger charge is -2.18. The maximum atomic E-state index is 3.98. The average Bonchev–Trinajstić information content (AvgIpc) is 2.91. The summed E-state index contributed by atoms with van der Waals surface area (Å²) in [6.45, 7) is 6.04. The molecule has 1 aromatic carbocycles. The van der Waals surface area contributed by atoms with Crippen LogP contribution in [0.4, 0.5) is 0 Å². The number of hydrogen-bond acceptors (Lipinski definition) is 0. The van der Waals surface area contributed by atoms with E-state index in [4.69, 9.17) is 0 Å². The normalized spacial score (nSPS) is 30.9. The minimum Gasteiger partial charge on any atom is -0.0955 e. The first kappa shape index (κ1) is 9.89. The van der Waals surface area contributed by atoms with E-state index in [0.29, 0.717) is 0 Å². The highest BCUT2D eigenvalue weighted by Crippen LogP contribution is 2.48. The second-order valence-corrected chi connectivity index (χ2v) is 5.29. The van der Waals surface area contributed by atoms with E-state index in [2.05, 4.69) is 49.9 Å². The van der Waals surface area contributed by atoms with Gasteiger partial charge in [0.25, 0.3) is 0 Å². The maximum Gasteiger partial charge on any atom is -0.00932 e. The van der Waals surface area contributed by atoms with E-state index in [1.807, 2.05) is 0 Å².